The van der Waals surface area contributed by atoms with E-state index in [9.17, 15) is 0 Å². The number of nitrogens with zero attached hydrogens (tertiary/aromatic N) is 2. The molecule has 1 heterocycles. The topological polar surface area (TPSA) is 36.3 Å². The van der Waals surface area contributed by atoms with Gasteiger partial charge in [0.1, 0.15) is 18.1 Å². The maximum absolute atomic E-state index is 5.87. The zero-order valence-corrected chi connectivity index (χ0v) is 11.1. The summed E-state index contributed by atoms with van der Waals surface area (Å²) in [6.07, 6.45) is 1.88. The van der Waals surface area contributed by atoms with Crippen molar-refractivity contribution in [3.63, 3.8) is 0 Å². The van der Waals surface area contributed by atoms with E-state index in [1.54, 1.807) is 11.8 Å². The van der Waals surface area contributed by atoms with Crippen molar-refractivity contribution >= 4 is 11.6 Å². The zero-order chi connectivity index (χ0) is 13.0. The van der Waals surface area contributed by atoms with Crippen LogP contribution >= 0.6 is 11.6 Å². The van der Waals surface area contributed by atoms with Crippen LogP contribution in [0.5, 0.6) is 11.5 Å². The van der Waals surface area contributed by atoms with Crippen molar-refractivity contribution in [3.8, 4) is 11.5 Å². The fraction of sp³-hybridized carbons (Fsp3) is 0.308. The monoisotopic (exact) mass is 266 g/mol. The van der Waals surface area contributed by atoms with Crippen molar-refractivity contribution in [3.05, 3.63) is 41.7 Å². The molecular weight excluding hydrogens is 252 g/mol. The van der Waals surface area contributed by atoms with Crippen LogP contribution < -0.4 is 9.47 Å². The molecule has 18 heavy (non-hydrogen) atoms. The van der Waals surface area contributed by atoms with Gasteiger partial charge in [-0.1, -0.05) is 6.07 Å². The summed E-state index contributed by atoms with van der Waals surface area (Å²) in [5, 5.41) is 4.25. The third-order valence-electron chi connectivity index (χ3n) is 2.56. The number of hydrogen-bond donors (Lipinski definition) is 0. The first kappa shape index (κ1) is 12.8. The second-order valence-electron chi connectivity index (χ2n) is 3.88. The van der Waals surface area contributed by atoms with Crippen LogP contribution in [0.2, 0.25) is 0 Å². The van der Waals surface area contributed by atoms with E-state index in [-0.39, 0.29) is 0 Å². The molecule has 0 spiro atoms. The lowest BCUT2D eigenvalue weighted by molar-refractivity contribution is 0.295. The quantitative estimate of drug-likeness (QED) is 0.781. The Bertz CT molecular complexity index is 525. The molecule has 0 bridgehead atoms. The second-order valence-corrected chi connectivity index (χ2v) is 4.14. The molecule has 0 radical (unpaired) electrons. The molecule has 2 aromatic rings. The van der Waals surface area contributed by atoms with Gasteiger partial charge in [-0.25, -0.2) is 0 Å². The van der Waals surface area contributed by atoms with Gasteiger partial charge in [-0.3, -0.25) is 4.68 Å². The Hall–Kier alpha value is -1.68. The van der Waals surface area contributed by atoms with Gasteiger partial charge in [0.05, 0.1) is 18.7 Å². The predicted octanol–water partition coefficient (Wildman–Crippen LogP) is 2.75. The first-order chi connectivity index (χ1) is 8.72. The predicted molar refractivity (Wildman–Crippen MR) is 70.1 cm³/mol. The number of hydrogen-bond acceptors (Lipinski definition) is 3. The molecule has 0 N–H and O–H groups in total. The SMILES string of the molecule is COc1ccc(CCl)c(OCc2ccn(C)n2)c1. The number of halogens is 1. The van der Waals surface area contributed by atoms with Crippen LogP contribution in [-0.4, -0.2) is 16.9 Å². The molecule has 1 aromatic heterocycles. The average molecular weight is 267 g/mol. The molecule has 5 heteroatoms. The molecule has 2 rings (SSSR count). The van der Waals surface area contributed by atoms with Crippen LogP contribution in [0.15, 0.2) is 30.5 Å². The van der Waals surface area contributed by atoms with Crippen molar-refractivity contribution in [2.75, 3.05) is 7.11 Å². The maximum Gasteiger partial charge on any atom is 0.132 e. The van der Waals surface area contributed by atoms with Crippen LogP contribution in [-0.2, 0) is 19.5 Å². The van der Waals surface area contributed by atoms with E-state index in [0.717, 1.165) is 22.8 Å². The summed E-state index contributed by atoms with van der Waals surface area (Å²) in [4.78, 5) is 0. The normalized spacial score (nSPS) is 10.4. The van der Waals surface area contributed by atoms with Gasteiger partial charge < -0.3 is 9.47 Å². The van der Waals surface area contributed by atoms with Gasteiger partial charge in [-0.15, -0.1) is 11.6 Å². The van der Waals surface area contributed by atoms with Crippen LogP contribution in [0, 0.1) is 0 Å². The van der Waals surface area contributed by atoms with E-state index in [4.69, 9.17) is 21.1 Å². The van der Waals surface area contributed by atoms with E-state index < -0.39 is 0 Å². The number of aryl methyl sites for hydroxylation is 1. The minimum absolute atomic E-state index is 0.404. The number of alkyl halides is 1. The first-order valence-corrected chi connectivity index (χ1v) is 6.10. The Morgan fingerprint density at radius 3 is 2.78 bits per heavy atom. The lowest BCUT2D eigenvalue weighted by atomic mass is 10.2. The molecule has 0 fully saturated rings. The largest absolute Gasteiger partial charge is 0.497 e. The lowest BCUT2D eigenvalue weighted by Gasteiger charge is -2.10. The molecule has 96 valence electrons. The highest BCUT2D eigenvalue weighted by molar-refractivity contribution is 6.17. The first-order valence-electron chi connectivity index (χ1n) is 5.57. The molecule has 0 atom stereocenters. The summed E-state index contributed by atoms with van der Waals surface area (Å²) in [6, 6.07) is 7.52. The molecular formula is C13H15ClN2O2. The number of ether oxygens (including phenoxy) is 2. The van der Waals surface area contributed by atoms with Crippen molar-refractivity contribution in [1.29, 1.82) is 0 Å². The maximum atomic E-state index is 5.87. The highest BCUT2D eigenvalue weighted by Gasteiger charge is 2.06. The van der Waals surface area contributed by atoms with Crippen molar-refractivity contribution in [2.45, 2.75) is 12.5 Å². The van der Waals surface area contributed by atoms with Gasteiger partial charge in [0, 0.05) is 24.9 Å². The Morgan fingerprint density at radius 2 is 2.17 bits per heavy atom. The molecule has 0 amide bonds. The van der Waals surface area contributed by atoms with Gasteiger partial charge in [0.2, 0.25) is 0 Å². The fourth-order valence-electron chi connectivity index (χ4n) is 1.60. The van der Waals surface area contributed by atoms with Crippen LogP contribution in [0.4, 0.5) is 0 Å². The Balaban J connectivity index is 2.11. The Morgan fingerprint density at radius 1 is 1.33 bits per heavy atom. The summed E-state index contributed by atoms with van der Waals surface area (Å²) in [7, 11) is 3.50. The highest BCUT2D eigenvalue weighted by Crippen LogP contribution is 2.26. The molecule has 0 aliphatic carbocycles. The van der Waals surface area contributed by atoms with E-state index in [2.05, 4.69) is 5.10 Å². The lowest BCUT2D eigenvalue weighted by Crippen LogP contribution is -2.00. The minimum atomic E-state index is 0.404. The van der Waals surface area contributed by atoms with Crippen molar-refractivity contribution < 1.29 is 9.47 Å². The summed E-state index contributed by atoms with van der Waals surface area (Å²) in [5.74, 6) is 1.89. The summed E-state index contributed by atoms with van der Waals surface area (Å²) in [6.45, 7) is 0.415. The second kappa shape index (κ2) is 5.78. The van der Waals surface area contributed by atoms with Crippen molar-refractivity contribution in [1.82, 2.24) is 9.78 Å². The van der Waals surface area contributed by atoms with Gasteiger partial charge in [0.15, 0.2) is 0 Å². The smallest absolute Gasteiger partial charge is 0.132 e. The van der Waals surface area contributed by atoms with Crippen LogP contribution in [0.1, 0.15) is 11.3 Å². The Labute approximate surface area is 111 Å². The number of methoxy groups -OCH3 is 1. The van der Waals surface area contributed by atoms with Gasteiger partial charge in [-0.05, 0) is 12.1 Å². The summed E-state index contributed by atoms with van der Waals surface area (Å²) >= 11 is 5.87. The number of rotatable bonds is 5. The van der Waals surface area contributed by atoms with E-state index in [0.29, 0.717) is 12.5 Å². The minimum Gasteiger partial charge on any atom is -0.497 e. The Kier molecular flexibility index (Phi) is 4.10. The molecule has 4 nitrogen and oxygen atoms in total. The molecule has 0 saturated heterocycles. The van der Waals surface area contributed by atoms with E-state index in [1.807, 2.05) is 37.5 Å². The summed E-state index contributed by atoms with van der Waals surface area (Å²) in [5.41, 5.74) is 1.81. The molecule has 1 aromatic carbocycles. The van der Waals surface area contributed by atoms with Gasteiger partial charge in [0.25, 0.3) is 0 Å². The zero-order valence-electron chi connectivity index (χ0n) is 10.4. The molecule has 0 unspecified atom stereocenters. The number of benzene rings is 1. The van der Waals surface area contributed by atoms with E-state index >= 15 is 0 Å². The van der Waals surface area contributed by atoms with Crippen molar-refractivity contribution in [2.24, 2.45) is 7.05 Å². The van der Waals surface area contributed by atoms with Gasteiger partial charge in [-0.2, -0.15) is 5.10 Å². The molecule has 0 aliphatic rings. The third-order valence-corrected chi connectivity index (χ3v) is 2.85. The number of aromatic nitrogens is 2. The standard InChI is InChI=1S/C13H15ClN2O2/c1-16-6-5-11(15-16)9-18-13-7-12(17-2)4-3-10(13)8-14/h3-7H,8-9H2,1-2H3. The van der Waals surface area contributed by atoms with Crippen LogP contribution in [0.3, 0.4) is 0 Å². The van der Waals surface area contributed by atoms with E-state index in [1.165, 1.54) is 0 Å². The fourth-order valence-corrected chi connectivity index (χ4v) is 1.82. The highest BCUT2D eigenvalue weighted by atomic mass is 35.5. The summed E-state index contributed by atoms with van der Waals surface area (Å²) < 4.78 is 12.6. The van der Waals surface area contributed by atoms with Gasteiger partial charge >= 0.3 is 0 Å². The molecule has 0 saturated carbocycles. The third kappa shape index (κ3) is 2.96. The average Bonchev–Trinajstić information content (AvgIpc) is 2.81. The van der Waals surface area contributed by atoms with Crippen LogP contribution in [0.25, 0.3) is 0 Å². The molecule has 0 aliphatic heterocycles.